The van der Waals surface area contributed by atoms with Crippen LogP contribution in [0.1, 0.15) is 25.7 Å². The SMILES string of the molecule is CNc1nnc(Sc2ccc(S(=O)(=O)N3CCCCCC3)cc2[N+](=O)[O-])s1. The van der Waals surface area contributed by atoms with Crippen molar-refractivity contribution in [1.29, 1.82) is 0 Å². The maximum absolute atomic E-state index is 12.9. The molecule has 0 amide bonds. The van der Waals surface area contributed by atoms with Crippen molar-refractivity contribution >= 4 is 43.9 Å². The minimum Gasteiger partial charge on any atom is -0.363 e. The predicted octanol–water partition coefficient (Wildman–Crippen LogP) is 3.20. The number of rotatable bonds is 6. The Morgan fingerprint density at radius 1 is 1.22 bits per heavy atom. The highest BCUT2D eigenvalue weighted by molar-refractivity contribution is 8.01. The maximum Gasteiger partial charge on any atom is 0.284 e. The number of hydrogen-bond donors (Lipinski definition) is 1. The highest BCUT2D eigenvalue weighted by Crippen LogP contribution is 2.38. The molecule has 0 saturated carbocycles. The fourth-order valence-electron chi connectivity index (χ4n) is 2.76. The van der Waals surface area contributed by atoms with Crippen LogP contribution in [0.3, 0.4) is 0 Å². The van der Waals surface area contributed by atoms with Crippen molar-refractivity contribution in [3.05, 3.63) is 28.3 Å². The first-order valence-electron chi connectivity index (χ1n) is 8.39. The normalized spacial score (nSPS) is 16.0. The van der Waals surface area contributed by atoms with E-state index in [9.17, 15) is 18.5 Å². The molecular formula is C15H19N5O4S3. The van der Waals surface area contributed by atoms with Crippen LogP contribution in [-0.4, -0.2) is 48.0 Å². The van der Waals surface area contributed by atoms with E-state index in [4.69, 9.17) is 0 Å². The molecule has 1 saturated heterocycles. The van der Waals surface area contributed by atoms with Gasteiger partial charge in [-0.1, -0.05) is 24.2 Å². The summed E-state index contributed by atoms with van der Waals surface area (Å²) in [6.45, 7) is 0.897. The second-order valence-corrected chi connectivity index (χ2v) is 10.1. The summed E-state index contributed by atoms with van der Waals surface area (Å²) in [6.07, 6.45) is 3.61. The second kappa shape index (κ2) is 8.50. The molecule has 1 aliphatic rings. The topological polar surface area (TPSA) is 118 Å². The minimum atomic E-state index is -3.75. The molecule has 0 unspecified atom stereocenters. The number of aromatic nitrogens is 2. The number of hydrogen-bond acceptors (Lipinski definition) is 9. The van der Waals surface area contributed by atoms with Crippen LogP contribution in [0.2, 0.25) is 0 Å². The number of nitrogens with one attached hydrogen (secondary N) is 1. The van der Waals surface area contributed by atoms with Gasteiger partial charge in [-0.2, -0.15) is 4.31 Å². The van der Waals surface area contributed by atoms with E-state index in [1.165, 1.54) is 27.8 Å². The van der Waals surface area contributed by atoms with Crippen LogP contribution in [0, 0.1) is 10.1 Å². The first-order chi connectivity index (χ1) is 12.9. The summed E-state index contributed by atoms with van der Waals surface area (Å²) in [4.78, 5) is 11.2. The fraction of sp³-hybridized carbons (Fsp3) is 0.467. The molecule has 0 aliphatic carbocycles. The van der Waals surface area contributed by atoms with Gasteiger partial charge in [0.2, 0.25) is 15.2 Å². The van der Waals surface area contributed by atoms with Crippen molar-refractivity contribution in [2.24, 2.45) is 0 Å². The zero-order valence-electron chi connectivity index (χ0n) is 14.6. The maximum atomic E-state index is 12.9. The third-order valence-corrected chi connectivity index (χ3v) is 8.10. The fourth-order valence-corrected chi connectivity index (χ4v) is 6.05. The van der Waals surface area contributed by atoms with E-state index in [1.807, 2.05) is 0 Å². The number of nitro benzene ring substituents is 1. The molecule has 146 valence electrons. The van der Waals surface area contributed by atoms with Gasteiger partial charge < -0.3 is 5.32 Å². The van der Waals surface area contributed by atoms with Gasteiger partial charge in [-0.25, -0.2) is 8.42 Å². The molecule has 1 aromatic heterocycles. The molecule has 2 heterocycles. The molecule has 0 atom stereocenters. The van der Waals surface area contributed by atoms with E-state index in [2.05, 4.69) is 15.5 Å². The van der Waals surface area contributed by atoms with Gasteiger partial charge in [-0.15, -0.1) is 10.2 Å². The Morgan fingerprint density at radius 2 is 1.93 bits per heavy atom. The Bertz CT molecular complexity index is 923. The van der Waals surface area contributed by atoms with Gasteiger partial charge in [0.25, 0.3) is 5.69 Å². The van der Waals surface area contributed by atoms with Crippen molar-refractivity contribution in [3.63, 3.8) is 0 Å². The highest BCUT2D eigenvalue weighted by Gasteiger charge is 2.28. The van der Waals surface area contributed by atoms with Crippen LogP contribution in [0.25, 0.3) is 0 Å². The average molecular weight is 430 g/mol. The van der Waals surface area contributed by atoms with E-state index in [-0.39, 0.29) is 10.6 Å². The molecule has 9 nitrogen and oxygen atoms in total. The summed E-state index contributed by atoms with van der Waals surface area (Å²) in [5.74, 6) is 0. The van der Waals surface area contributed by atoms with Crippen LogP contribution in [-0.2, 0) is 10.0 Å². The quantitative estimate of drug-likeness (QED) is 0.549. The van der Waals surface area contributed by atoms with Gasteiger partial charge in [-0.3, -0.25) is 10.1 Å². The van der Waals surface area contributed by atoms with Crippen molar-refractivity contribution in [2.45, 2.75) is 39.8 Å². The smallest absolute Gasteiger partial charge is 0.284 e. The van der Waals surface area contributed by atoms with Crippen LogP contribution >= 0.6 is 23.1 Å². The Morgan fingerprint density at radius 3 is 2.52 bits per heavy atom. The lowest BCUT2D eigenvalue weighted by molar-refractivity contribution is -0.388. The zero-order valence-corrected chi connectivity index (χ0v) is 17.1. The first kappa shape index (κ1) is 20.0. The van der Waals surface area contributed by atoms with Gasteiger partial charge in [0, 0.05) is 26.2 Å². The molecule has 0 radical (unpaired) electrons. The summed E-state index contributed by atoms with van der Waals surface area (Å²) < 4.78 is 27.7. The van der Waals surface area contributed by atoms with Crippen LogP contribution in [0.5, 0.6) is 0 Å². The van der Waals surface area contributed by atoms with Crippen LogP contribution in [0.15, 0.2) is 32.3 Å². The van der Waals surface area contributed by atoms with Crippen LogP contribution in [0.4, 0.5) is 10.8 Å². The molecule has 1 aliphatic heterocycles. The standard InChI is InChI=1S/C15H19N5O4S3/c1-16-14-17-18-15(26-14)25-13-7-6-11(10-12(13)20(21)22)27(23,24)19-8-4-2-3-5-9-19/h6-7,10H,2-5,8-9H2,1H3,(H,16,17). The van der Waals surface area contributed by atoms with Gasteiger partial charge in [0.1, 0.15) is 0 Å². The van der Waals surface area contributed by atoms with E-state index in [1.54, 1.807) is 7.05 Å². The van der Waals surface area contributed by atoms with Crippen molar-refractivity contribution in [3.8, 4) is 0 Å². The highest BCUT2D eigenvalue weighted by atomic mass is 32.2. The Hall–Kier alpha value is -1.76. The Labute approximate surface area is 165 Å². The monoisotopic (exact) mass is 429 g/mol. The summed E-state index contributed by atoms with van der Waals surface area (Å²) >= 11 is 2.36. The average Bonchev–Trinajstić information content (AvgIpc) is 2.91. The molecule has 1 fully saturated rings. The lowest BCUT2D eigenvalue weighted by Gasteiger charge is -2.20. The summed E-state index contributed by atoms with van der Waals surface area (Å²) in [6, 6.07) is 4.03. The third kappa shape index (κ3) is 4.57. The first-order valence-corrected chi connectivity index (χ1v) is 11.5. The summed E-state index contributed by atoms with van der Waals surface area (Å²) in [7, 11) is -2.04. The van der Waals surface area contributed by atoms with Crippen molar-refractivity contribution < 1.29 is 13.3 Å². The van der Waals surface area contributed by atoms with Gasteiger partial charge in [0.05, 0.1) is 14.7 Å². The molecule has 1 N–H and O–H groups in total. The number of nitro groups is 1. The molecule has 1 aromatic carbocycles. The molecule has 0 spiro atoms. The van der Waals surface area contributed by atoms with E-state index < -0.39 is 14.9 Å². The number of nitrogens with zero attached hydrogens (tertiary/aromatic N) is 4. The molecule has 3 rings (SSSR count). The molecule has 27 heavy (non-hydrogen) atoms. The lowest BCUT2D eigenvalue weighted by atomic mass is 10.2. The third-order valence-electron chi connectivity index (χ3n) is 4.15. The van der Waals surface area contributed by atoms with Crippen LogP contribution < -0.4 is 5.32 Å². The predicted molar refractivity (Wildman–Crippen MR) is 104 cm³/mol. The van der Waals surface area contributed by atoms with Crippen molar-refractivity contribution in [2.75, 3.05) is 25.5 Å². The molecule has 12 heteroatoms. The molecular weight excluding hydrogens is 410 g/mol. The molecule has 0 bridgehead atoms. The second-order valence-electron chi connectivity index (χ2n) is 5.93. The number of anilines is 1. The van der Waals surface area contributed by atoms with E-state index >= 15 is 0 Å². The largest absolute Gasteiger partial charge is 0.363 e. The van der Waals surface area contributed by atoms with Crippen molar-refractivity contribution in [1.82, 2.24) is 14.5 Å². The van der Waals surface area contributed by atoms with Gasteiger partial charge in [0.15, 0.2) is 4.34 Å². The molecule has 2 aromatic rings. The van der Waals surface area contributed by atoms with E-state index in [0.29, 0.717) is 27.5 Å². The minimum absolute atomic E-state index is 0.0476. The lowest BCUT2D eigenvalue weighted by Crippen LogP contribution is -2.31. The van der Waals surface area contributed by atoms with Gasteiger partial charge >= 0.3 is 0 Å². The van der Waals surface area contributed by atoms with E-state index in [0.717, 1.165) is 43.5 Å². The number of sulfonamides is 1. The Kier molecular flexibility index (Phi) is 6.29. The summed E-state index contributed by atoms with van der Waals surface area (Å²) in [5.41, 5.74) is -0.253. The van der Waals surface area contributed by atoms with Gasteiger partial charge in [-0.05, 0) is 36.7 Å². The Balaban J connectivity index is 1.91. The zero-order chi connectivity index (χ0) is 19.4. The summed E-state index contributed by atoms with van der Waals surface area (Å²) in [5, 5.41) is 22.8. The number of benzene rings is 1.